The van der Waals surface area contributed by atoms with Crippen molar-refractivity contribution in [2.24, 2.45) is 10.8 Å². The lowest BCUT2D eigenvalue weighted by atomic mass is 9.67. The summed E-state index contributed by atoms with van der Waals surface area (Å²) in [5.41, 5.74) is -0.123. The van der Waals surface area contributed by atoms with Crippen molar-refractivity contribution in [3.8, 4) is 0 Å². The highest BCUT2D eigenvalue weighted by Gasteiger charge is 2.41. The van der Waals surface area contributed by atoms with E-state index in [0.29, 0.717) is 0 Å². The molecule has 0 aliphatic carbocycles. The Balaban J connectivity index is 4.81. The fourth-order valence-corrected chi connectivity index (χ4v) is 1.25. The van der Waals surface area contributed by atoms with Crippen LogP contribution in [0.4, 0.5) is 0 Å². The molecule has 0 aliphatic heterocycles. The second kappa shape index (κ2) is 4.25. The summed E-state index contributed by atoms with van der Waals surface area (Å²) in [7, 11) is 3.32. The van der Waals surface area contributed by atoms with Gasteiger partial charge in [0.1, 0.15) is 0 Å². The van der Waals surface area contributed by atoms with Crippen molar-refractivity contribution in [1.82, 2.24) is 0 Å². The molecule has 0 heterocycles. The molecule has 2 nitrogen and oxygen atoms in total. The van der Waals surface area contributed by atoms with E-state index in [0.717, 1.165) is 0 Å². The molecule has 0 aromatic carbocycles. The molecule has 2 heteroatoms. The van der Waals surface area contributed by atoms with Crippen LogP contribution in [0.5, 0.6) is 0 Å². The number of methoxy groups -OCH3 is 2. The molecule has 0 N–H and O–H groups in total. The van der Waals surface area contributed by atoms with Gasteiger partial charge in [0.25, 0.3) is 0 Å². The third-order valence-electron chi connectivity index (χ3n) is 3.19. The normalized spacial score (nSPS) is 13.5. The first-order valence-electron chi connectivity index (χ1n) is 4.52. The van der Waals surface area contributed by atoms with Crippen LogP contribution in [0.15, 0.2) is 12.7 Å². The molecule has 0 unspecified atom stereocenters. The number of ether oxygens (including phenoxy) is 2. The topological polar surface area (TPSA) is 18.5 Å². The Bertz CT molecular complexity index is 167. The van der Waals surface area contributed by atoms with Crippen LogP contribution in [0, 0.1) is 10.8 Å². The predicted octanol–water partition coefficient (Wildman–Crippen LogP) is 2.84. The third-order valence-corrected chi connectivity index (χ3v) is 3.19. The second-order valence-electron chi connectivity index (χ2n) is 4.45. The molecule has 0 spiro atoms. The molecule has 0 rings (SSSR count). The van der Waals surface area contributed by atoms with Crippen molar-refractivity contribution >= 4 is 0 Å². The molecule has 0 amide bonds. The highest BCUT2D eigenvalue weighted by molar-refractivity contribution is 4.99. The van der Waals surface area contributed by atoms with Crippen molar-refractivity contribution in [2.75, 3.05) is 14.2 Å². The van der Waals surface area contributed by atoms with Gasteiger partial charge in [-0.3, -0.25) is 0 Å². The van der Waals surface area contributed by atoms with Crippen LogP contribution in [0.25, 0.3) is 0 Å². The number of allylic oxidation sites excluding steroid dienone is 1. The van der Waals surface area contributed by atoms with Crippen LogP contribution in [-0.4, -0.2) is 20.5 Å². The van der Waals surface area contributed by atoms with Gasteiger partial charge in [0.15, 0.2) is 6.29 Å². The molecule has 78 valence electrons. The summed E-state index contributed by atoms with van der Waals surface area (Å²) in [6, 6.07) is 0. The van der Waals surface area contributed by atoms with Gasteiger partial charge in [-0.15, -0.1) is 6.58 Å². The summed E-state index contributed by atoms with van der Waals surface area (Å²) >= 11 is 0. The highest BCUT2D eigenvalue weighted by atomic mass is 16.7. The molecule has 0 aromatic rings. The maximum atomic E-state index is 5.28. The van der Waals surface area contributed by atoms with E-state index in [2.05, 4.69) is 34.3 Å². The standard InChI is InChI=1S/C11H22O2/c1-8-10(2,3)11(4,5)9(12-6)13-7/h8-9H,1H2,2-7H3. The van der Waals surface area contributed by atoms with Gasteiger partial charge in [-0.05, 0) is 5.41 Å². The van der Waals surface area contributed by atoms with Crippen molar-refractivity contribution in [1.29, 1.82) is 0 Å². The Hall–Kier alpha value is -0.340. The van der Waals surface area contributed by atoms with Crippen LogP contribution in [0.2, 0.25) is 0 Å². The predicted molar refractivity (Wildman–Crippen MR) is 55.6 cm³/mol. The van der Waals surface area contributed by atoms with Crippen molar-refractivity contribution in [2.45, 2.75) is 34.0 Å². The zero-order chi connectivity index (χ0) is 10.7. The fraction of sp³-hybridized carbons (Fsp3) is 0.818. The van der Waals surface area contributed by atoms with Gasteiger partial charge >= 0.3 is 0 Å². The summed E-state index contributed by atoms with van der Waals surface area (Å²) in [6.07, 6.45) is 1.73. The quantitative estimate of drug-likeness (QED) is 0.485. The van der Waals surface area contributed by atoms with Gasteiger partial charge in [0.2, 0.25) is 0 Å². The highest BCUT2D eigenvalue weighted by Crippen LogP contribution is 2.43. The molecule has 0 radical (unpaired) electrons. The molecule has 0 fully saturated rings. The maximum absolute atomic E-state index is 5.28. The van der Waals surface area contributed by atoms with Gasteiger partial charge in [0, 0.05) is 19.6 Å². The largest absolute Gasteiger partial charge is 0.355 e. The molecule has 0 bridgehead atoms. The van der Waals surface area contributed by atoms with Gasteiger partial charge in [-0.1, -0.05) is 33.8 Å². The summed E-state index contributed by atoms with van der Waals surface area (Å²) in [6.45, 7) is 12.3. The number of hydrogen-bond acceptors (Lipinski definition) is 2. The first-order chi connectivity index (χ1) is 5.83. The van der Waals surface area contributed by atoms with Gasteiger partial charge in [-0.25, -0.2) is 0 Å². The average molecular weight is 186 g/mol. The molecular weight excluding hydrogens is 164 g/mol. The SMILES string of the molecule is C=CC(C)(C)C(C)(C)C(OC)OC. The van der Waals surface area contributed by atoms with Crippen LogP contribution >= 0.6 is 0 Å². The fourth-order valence-electron chi connectivity index (χ4n) is 1.25. The molecular formula is C11H22O2. The lowest BCUT2D eigenvalue weighted by Gasteiger charge is -2.43. The minimum Gasteiger partial charge on any atom is -0.355 e. The Morgan fingerprint density at radius 1 is 1.08 bits per heavy atom. The first-order valence-corrected chi connectivity index (χ1v) is 4.52. The Kier molecular flexibility index (Phi) is 4.14. The summed E-state index contributed by atoms with van der Waals surface area (Å²) in [5.74, 6) is 0. The van der Waals surface area contributed by atoms with Crippen LogP contribution in [0.1, 0.15) is 27.7 Å². The maximum Gasteiger partial charge on any atom is 0.162 e. The van der Waals surface area contributed by atoms with Crippen molar-refractivity contribution in [3.63, 3.8) is 0 Å². The molecule has 0 saturated heterocycles. The van der Waals surface area contributed by atoms with Crippen molar-refractivity contribution < 1.29 is 9.47 Å². The average Bonchev–Trinajstić information content (AvgIpc) is 2.06. The second-order valence-corrected chi connectivity index (χ2v) is 4.45. The third kappa shape index (κ3) is 2.32. The minimum absolute atomic E-state index is 0.0241. The first kappa shape index (κ1) is 12.7. The molecule has 0 aliphatic rings. The molecule has 13 heavy (non-hydrogen) atoms. The zero-order valence-corrected chi connectivity index (χ0v) is 9.68. The smallest absolute Gasteiger partial charge is 0.162 e. The van der Waals surface area contributed by atoms with E-state index in [4.69, 9.17) is 9.47 Å². The monoisotopic (exact) mass is 186 g/mol. The number of rotatable bonds is 5. The summed E-state index contributed by atoms with van der Waals surface area (Å²) in [5, 5.41) is 0. The van der Waals surface area contributed by atoms with E-state index in [1.807, 2.05) is 6.08 Å². The van der Waals surface area contributed by atoms with Gasteiger partial charge in [0.05, 0.1) is 0 Å². The lowest BCUT2D eigenvalue weighted by molar-refractivity contribution is -0.192. The zero-order valence-electron chi connectivity index (χ0n) is 9.68. The van der Waals surface area contributed by atoms with E-state index in [1.165, 1.54) is 0 Å². The van der Waals surface area contributed by atoms with Crippen LogP contribution < -0.4 is 0 Å². The molecule has 0 saturated carbocycles. The summed E-state index contributed by atoms with van der Waals surface area (Å²) < 4.78 is 10.6. The minimum atomic E-state index is -0.208. The van der Waals surface area contributed by atoms with Crippen molar-refractivity contribution in [3.05, 3.63) is 12.7 Å². The van der Waals surface area contributed by atoms with E-state index < -0.39 is 0 Å². The molecule has 0 aromatic heterocycles. The van der Waals surface area contributed by atoms with Crippen LogP contribution in [-0.2, 0) is 9.47 Å². The van der Waals surface area contributed by atoms with Gasteiger partial charge < -0.3 is 9.47 Å². The Morgan fingerprint density at radius 2 is 1.46 bits per heavy atom. The Labute approximate surface area is 81.9 Å². The number of hydrogen-bond donors (Lipinski definition) is 0. The van der Waals surface area contributed by atoms with E-state index in [-0.39, 0.29) is 17.1 Å². The van der Waals surface area contributed by atoms with E-state index >= 15 is 0 Å². The Morgan fingerprint density at radius 3 is 1.69 bits per heavy atom. The van der Waals surface area contributed by atoms with E-state index in [9.17, 15) is 0 Å². The van der Waals surface area contributed by atoms with Crippen LogP contribution in [0.3, 0.4) is 0 Å². The summed E-state index contributed by atoms with van der Waals surface area (Å²) in [4.78, 5) is 0. The van der Waals surface area contributed by atoms with Gasteiger partial charge in [-0.2, -0.15) is 0 Å². The lowest BCUT2D eigenvalue weighted by Crippen LogP contribution is -2.43. The molecule has 0 atom stereocenters. The van der Waals surface area contributed by atoms with E-state index in [1.54, 1.807) is 14.2 Å².